The maximum Gasteiger partial charge on any atom is 0.454 e. The van der Waals surface area contributed by atoms with Gasteiger partial charge in [-0.1, -0.05) is 0 Å². The lowest BCUT2D eigenvalue weighted by molar-refractivity contribution is -0.213. The lowest BCUT2D eigenvalue weighted by Crippen LogP contribution is -2.30. The molecule has 32 heavy (non-hydrogen) atoms. The first kappa shape index (κ1) is 23.5. The number of nitrogens with one attached hydrogen (secondary N) is 1. The van der Waals surface area contributed by atoms with Gasteiger partial charge < -0.3 is 16.6 Å². The van der Waals surface area contributed by atoms with Crippen molar-refractivity contribution in [3.63, 3.8) is 0 Å². The molecule has 0 radical (unpaired) electrons. The number of rotatable bonds is 4. The first-order chi connectivity index (χ1) is 14.5. The van der Waals surface area contributed by atoms with Crippen LogP contribution in [-0.4, -0.2) is 36.2 Å². The second-order valence-corrected chi connectivity index (χ2v) is 8.74. The molecule has 5 N–H and O–H groups in total. The predicted molar refractivity (Wildman–Crippen MR) is 107 cm³/mol. The zero-order chi connectivity index (χ0) is 22.6. The van der Waals surface area contributed by atoms with Crippen molar-refractivity contribution < 1.29 is 36.3 Å². The van der Waals surface area contributed by atoms with Crippen molar-refractivity contribution in [3.05, 3.63) is 52.3 Å². The fraction of sp³-hybridized carbons (Fsp3) is 0.316. The maximum absolute atomic E-state index is 12.5. The Morgan fingerprint density at radius 1 is 1.12 bits per heavy atom. The molecule has 2 aliphatic rings. The van der Waals surface area contributed by atoms with E-state index in [0.29, 0.717) is 49.0 Å². The number of hydrogen-bond donors (Lipinski definition) is 2. The minimum absolute atomic E-state index is 0. The number of hydrogen-bond acceptors (Lipinski definition) is 5. The van der Waals surface area contributed by atoms with Crippen LogP contribution < -0.4 is 16.6 Å². The molecular weight excluding hydrogens is 453 g/mol. The number of aromatic nitrogens is 1. The van der Waals surface area contributed by atoms with E-state index >= 15 is 0 Å². The molecule has 0 saturated carbocycles. The molecule has 1 heterocycles. The number of amidine groups is 1. The molecule has 172 valence electrons. The Kier molecular flexibility index (Phi) is 5.91. The molecule has 0 amide bonds. The zero-order valence-corrected chi connectivity index (χ0v) is 17.6. The number of halogens is 3. The highest BCUT2D eigenvalue weighted by Crippen LogP contribution is 2.38. The van der Waals surface area contributed by atoms with Crippen LogP contribution in [0.3, 0.4) is 0 Å². The smallest absolute Gasteiger partial charge is 0.454 e. The summed E-state index contributed by atoms with van der Waals surface area (Å²) in [5.41, 5.74) is 2.68. The van der Waals surface area contributed by atoms with Crippen LogP contribution >= 0.6 is 0 Å². The van der Waals surface area contributed by atoms with Crippen LogP contribution in [0.4, 0.5) is 18.9 Å². The molecule has 1 aromatic heterocycles. The van der Waals surface area contributed by atoms with Gasteiger partial charge in [-0.15, -0.1) is 4.40 Å². The first-order valence-corrected chi connectivity index (χ1v) is 10.7. The summed E-state index contributed by atoms with van der Waals surface area (Å²) >= 11 is 0. The minimum Gasteiger partial charge on any atom is -0.845 e. The highest BCUT2D eigenvalue weighted by Gasteiger charge is 2.40. The zero-order valence-electron chi connectivity index (χ0n) is 16.8. The summed E-state index contributed by atoms with van der Waals surface area (Å²) in [5.74, 6) is -2.27. The lowest BCUT2D eigenvalue weighted by Gasteiger charge is -2.18. The third-order valence-corrected chi connectivity index (χ3v) is 6.47. The first-order valence-electron chi connectivity index (χ1n) is 9.27. The van der Waals surface area contributed by atoms with Crippen LogP contribution in [0.2, 0.25) is 0 Å². The fourth-order valence-corrected chi connectivity index (χ4v) is 4.79. The molecule has 0 spiro atoms. The number of carbonyl (C=O) groups excluding carboxylic acids is 2. The molecule has 0 aliphatic heterocycles. The highest BCUT2D eigenvalue weighted by molar-refractivity contribution is 7.88. The average molecular weight is 472 g/mol. The summed E-state index contributed by atoms with van der Waals surface area (Å²) in [5, 5.41) is 14.7. The number of nitrogens with zero attached hydrogens (tertiary/aromatic N) is 2. The maximum atomic E-state index is 12.5. The molecule has 0 atom stereocenters. The molecule has 0 saturated heterocycles. The largest absolute Gasteiger partial charge is 0.845 e. The van der Waals surface area contributed by atoms with Crippen LogP contribution in [0.1, 0.15) is 50.2 Å². The van der Waals surface area contributed by atoms with Gasteiger partial charge in [0, 0.05) is 35.6 Å². The molecule has 0 fully saturated rings. The molecule has 2 aliphatic carbocycles. The van der Waals surface area contributed by atoms with Gasteiger partial charge in [0.25, 0.3) is 5.78 Å². The Bertz CT molecular complexity index is 1250. The Hall–Kier alpha value is -3.19. The van der Waals surface area contributed by atoms with Gasteiger partial charge in [-0.2, -0.15) is 21.6 Å². The van der Waals surface area contributed by atoms with Gasteiger partial charge in [0.15, 0.2) is 5.78 Å². The van der Waals surface area contributed by atoms with Crippen LogP contribution in [0.15, 0.2) is 28.9 Å². The van der Waals surface area contributed by atoms with E-state index in [1.165, 1.54) is 6.07 Å². The van der Waals surface area contributed by atoms with E-state index in [1.807, 2.05) is 0 Å². The van der Waals surface area contributed by atoms with Crippen molar-refractivity contribution in [1.29, 1.82) is 0 Å². The monoisotopic (exact) mass is 472 g/mol. The van der Waals surface area contributed by atoms with Gasteiger partial charge in [0.05, 0.1) is 6.02 Å². The van der Waals surface area contributed by atoms with Crippen molar-refractivity contribution in [2.45, 2.75) is 38.3 Å². The van der Waals surface area contributed by atoms with Crippen molar-refractivity contribution in [1.82, 2.24) is 10.1 Å². The predicted octanol–water partition coefficient (Wildman–Crippen LogP) is 2.15. The minimum atomic E-state index is -5.17. The highest BCUT2D eigenvalue weighted by atomic mass is 32.2. The van der Waals surface area contributed by atoms with E-state index in [0.717, 1.165) is 29.5 Å². The summed E-state index contributed by atoms with van der Waals surface area (Å²) in [4.78, 5) is 23.3. The van der Waals surface area contributed by atoms with E-state index in [9.17, 15) is 36.3 Å². The summed E-state index contributed by atoms with van der Waals surface area (Å²) in [6.07, 6.45) is -0.790. The second-order valence-electron chi connectivity index (χ2n) is 7.24. The molecule has 0 bridgehead atoms. The van der Waals surface area contributed by atoms with E-state index < -0.39 is 33.8 Å². The van der Waals surface area contributed by atoms with Crippen molar-refractivity contribution >= 4 is 33.5 Å². The Morgan fingerprint density at radius 2 is 1.81 bits per heavy atom. The molecule has 9 nitrogen and oxygen atoms in total. The molecule has 4 rings (SSSR count). The van der Waals surface area contributed by atoms with Crippen molar-refractivity contribution in [2.24, 2.45) is 4.40 Å². The van der Waals surface area contributed by atoms with Gasteiger partial charge in [-0.3, -0.25) is 9.59 Å². The third kappa shape index (κ3) is 4.12. The Labute approximate surface area is 180 Å². The number of ketones is 2. The Balaban J connectivity index is 0.00000289. The number of fused-ring (bicyclic) bond motifs is 3. The number of benzene rings is 1. The summed E-state index contributed by atoms with van der Waals surface area (Å²) in [6.45, 7) is 0. The van der Waals surface area contributed by atoms with E-state index in [1.54, 1.807) is 0 Å². The molecule has 2 aromatic rings. The summed E-state index contributed by atoms with van der Waals surface area (Å²) in [7, 11) is -4.73. The second kappa shape index (κ2) is 8.06. The standard InChI is InChI=1S/C19H16F3N3O5S.H3N/c20-19(21,22)17(27)10-6-7-25(9-10)31(29,30)24-18(28)23-15-8-14-12(4-5-16(14)26)11-2-1-3-13(11)15;/h6-9H,1-5H2,(H2,23,24,28);1H3. The van der Waals surface area contributed by atoms with E-state index in [2.05, 4.69) is 9.71 Å². The van der Waals surface area contributed by atoms with Crippen molar-refractivity contribution in [2.75, 3.05) is 5.32 Å². The van der Waals surface area contributed by atoms with Gasteiger partial charge in [0.2, 0.25) is 0 Å². The van der Waals surface area contributed by atoms with Gasteiger partial charge in [-0.05, 0) is 54.5 Å². The van der Waals surface area contributed by atoms with Crippen LogP contribution in [0.25, 0.3) is 0 Å². The quantitative estimate of drug-likeness (QED) is 0.394. The number of Topliss-reactive ketones (excluding diaryl/α,β-unsaturated/α-hetero) is 2. The van der Waals surface area contributed by atoms with Crippen LogP contribution in [0, 0.1) is 0 Å². The van der Waals surface area contributed by atoms with Gasteiger partial charge >= 0.3 is 16.4 Å². The normalized spacial score (nSPS) is 15.8. The Morgan fingerprint density at radius 3 is 2.50 bits per heavy atom. The number of carbonyl (C=O) groups is 2. The SMILES string of the molecule is O=C1CCc2c1cc(N/C([O-])=N/S(=O)(=O)n1ccc(C(=O)C(F)(F)F)c1)c1c2CCC1.[NH4+]. The van der Waals surface area contributed by atoms with Crippen molar-refractivity contribution in [3.8, 4) is 0 Å². The lowest BCUT2D eigenvalue weighted by atomic mass is 9.97. The molecule has 13 heteroatoms. The van der Waals surface area contributed by atoms with Crippen LogP contribution in [-0.2, 0) is 29.5 Å². The van der Waals surface area contributed by atoms with E-state index in [4.69, 9.17) is 0 Å². The van der Waals surface area contributed by atoms with Gasteiger partial charge in [-0.25, -0.2) is 3.97 Å². The molecule has 1 aromatic carbocycles. The fourth-order valence-electron chi connectivity index (χ4n) is 3.98. The van der Waals surface area contributed by atoms with E-state index in [-0.39, 0.29) is 15.9 Å². The molecule has 0 unspecified atom stereocenters. The number of quaternary nitrogens is 1. The van der Waals surface area contributed by atoms with Crippen LogP contribution in [0.5, 0.6) is 0 Å². The summed E-state index contributed by atoms with van der Waals surface area (Å²) in [6, 6.07) is 0.918. The summed E-state index contributed by atoms with van der Waals surface area (Å²) < 4.78 is 65.4. The average Bonchev–Trinajstić information content (AvgIpc) is 3.39. The topological polar surface area (TPSA) is 157 Å². The third-order valence-electron chi connectivity index (χ3n) is 5.32. The number of alkyl halides is 3. The number of anilines is 1. The molecular formula is C19H19F3N4O5S. The van der Waals surface area contributed by atoms with Gasteiger partial charge in [0.1, 0.15) is 0 Å².